The van der Waals surface area contributed by atoms with E-state index < -0.39 is 22.0 Å². The first-order chi connectivity index (χ1) is 13.1. The maximum absolute atomic E-state index is 12.9. The van der Waals surface area contributed by atoms with Crippen LogP contribution in [0, 0.1) is 5.82 Å². The maximum atomic E-state index is 12.9. The van der Waals surface area contributed by atoms with Crippen molar-refractivity contribution in [3.05, 3.63) is 63.9 Å². The summed E-state index contributed by atoms with van der Waals surface area (Å²) in [5.74, 6) is -0.742. The smallest absolute Gasteiger partial charge is 0.243 e. The van der Waals surface area contributed by atoms with E-state index in [0.717, 1.165) is 16.1 Å². The SMILES string of the molecule is CC(C(=O)NCCCc1ccc(F)cc1)N(c1cc(Cl)cc(Cl)c1)S(C)(=O)=O. The second-order valence-electron chi connectivity index (χ2n) is 6.38. The molecule has 0 saturated carbocycles. The average molecular weight is 447 g/mol. The number of benzene rings is 2. The van der Waals surface area contributed by atoms with Gasteiger partial charge in [0.1, 0.15) is 11.9 Å². The van der Waals surface area contributed by atoms with E-state index in [-0.39, 0.29) is 21.5 Å². The Bertz CT molecular complexity index is 916. The summed E-state index contributed by atoms with van der Waals surface area (Å²) in [6.07, 6.45) is 2.31. The molecule has 0 bridgehead atoms. The summed E-state index contributed by atoms with van der Waals surface area (Å²) in [7, 11) is -3.75. The van der Waals surface area contributed by atoms with Gasteiger partial charge in [-0.1, -0.05) is 35.3 Å². The minimum atomic E-state index is -3.75. The number of aryl methyl sites for hydroxylation is 1. The van der Waals surface area contributed by atoms with Crippen molar-refractivity contribution in [3.63, 3.8) is 0 Å². The Balaban J connectivity index is 2.02. The third-order valence-corrected chi connectivity index (χ3v) is 5.72. The number of carbonyl (C=O) groups is 1. The Morgan fingerprint density at radius 2 is 1.71 bits per heavy atom. The number of nitrogens with one attached hydrogen (secondary N) is 1. The van der Waals surface area contributed by atoms with Crippen LogP contribution in [-0.2, 0) is 21.2 Å². The highest BCUT2D eigenvalue weighted by Gasteiger charge is 2.29. The molecule has 0 fully saturated rings. The zero-order valence-electron chi connectivity index (χ0n) is 15.5. The number of hydrogen-bond acceptors (Lipinski definition) is 3. The zero-order valence-corrected chi connectivity index (χ0v) is 17.8. The van der Waals surface area contributed by atoms with Gasteiger partial charge in [-0.3, -0.25) is 9.10 Å². The first-order valence-corrected chi connectivity index (χ1v) is 11.2. The second-order valence-corrected chi connectivity index (χ2v) is 9.12. The topological polar surface area (TPSA) is 66.5 Å². The Labute approximate surface area is 174 Å². The van der Waals surface area contributed by atoms with E-state index in [4.69, 9.17) is 23.2 Å². The summed E-state index contributed by atoms with van der Waals surface area (Å²) in [4.78, 5) is 12.5. The van der Waals surface area contributed by atoms with E-state index in [1.807, 2.05) is 0 Å². The fourth-order valence-electron chi connectivity index (χ4n) is 2.78. The van der Waals surface area contributed by atoms with Crippen LogP contribution >= 0.6 is 23.2 Å². The van der Waals surface area contributed by atoms with Crippen LogP contribution in [0.5, 0.6) is 0 Å². The number of anilines is 1. The van der Waals surface area contributed by atoms with Crippen LogP contribution in [0.15, 0.2) is 42.5 Å². The van der Waals surface area contributed by atoms with E-state index in [2.05, 4.69) is 5.32 Å². The molecule has 1 N–H and O–H groups in total. The molecule has 5 nitrogen and oxygen atoms in total. The molecule has 9 heteroatoms. The molecule has 1 unspecified atom stereocenters. The third-order valence-electron chi connectivity index (χ3n) is 4.05. The average Bonchev–Trinajstić information content (AvgIpc) is 2.58. The summed E-state index contributed by atoms with van der Waals surface area (Å²) < 4.78 is 38.4. The molecule has 0 heterocycles. The predicted octanol–water partition coefficient (Wildman–Crippen LogP) is 4.04. The molecule has 152 valence electrons. The maximum Gasteiger partial charge on any atom is 0.243 e. The summed E-state index contributed by atoms with van der Waals surface area (Å²) in [6, 6.07) is 9.51. The van der Waals surface area contributed by atoms with Crippen LogP contribution < -0.4 is 9.62 Å². The van der Waals surface area contributed by atoms with E-state index in [0.29, 0.717) is 19.4 Å². The van der Waals surface area contributed by atoms with Crippen LogP contribution in [0.2, 0.25) is 10.0 Å². The van der Waals surface area contributed by atoms with Crippen LogP contribution in [0.4, 0.5) is 10.1 Å². The number of halogens is 3. The van der Waals surface area contributed by atoms with Gasteiger partial charge in [0, 0.05) is 16.6 Å². The van der Waals surface area contributed by atoms with Crippen LogP contribution in [0.1, 0.15) is 18.9 Å². The number of rotatable bonds is 8. The van der Waals surface area contributed by atoms with Gasteiger partial charge in [0.05, 0.1) is 11.9 Å². The number of nitrogens with zero attached hydrogens (tertiary/aromatic N) is 1. The fourth-order valence-corrected chi connectivity index (χ4v) is 4.45. The molecule has 0 saturated heterocycles. The lowest BCUT2D eigenvalue weighted by atomic mass is 10.1. The standard InChI is InChI=1S/C19H21Cl2FN2O3S/c1-13(19(25)23-9-3-4-14-5-7-17(22)8-6-14)24(28(2,26)27)18-11-15(20)10-16(21)12-18/h5-8,10-13H,3-4,9H2,1-2H3,(H,23,25). The van der Waals surface area contributed by atoms with E-state index in [1.165, 1.54) is 37.3 Å². The molecular weight excluding hydrogens is 426 g/mol. The quantitative estimate of drug-likeness (QED) is 0.622. The summed E-state index contributed by atoms with van der Waals surface area (Å²) in [6.45, 7) is 1.85. The van der Waals surface area contributed by atoms with Crippen molar-refractivity contribution in [3.8, 4) is 0 Å². The molecule has 0 aromatic heterocycles. The minimum Gasteiger partial charge on any atom is -0.354 e. The van der Waals surface area contributed by atoms with Gasteiger partial charge in [-0.15, -0.1) is 0 Å². The van der Waals surface area contributed by atoms with E-state index >= 15 is 0 Å². The van der Waals surface area contributed by atoms with Crippen molar-refractivity contribution >= 4 is 44.8 Å². The van der Waals surface area contributed by atoms with Gasteiger partial charge in [0.25, 0.3) is 0 Å². The van der Waals surface area contributed by atoms with Crippen LogP contribution in [-0.4, -0.2) is 33.2 Å². The van der Waals surface area contributed by atoms with Crippen molar-refractivity contribution in [2.24, 2.45) is 0 Å². The first kappa shape index (κ1) is 22.5. The van der Waals surface area contributed by atoms with Gasteiger partial charge in [-0.25, -0.2) is 12.8 Å². The van der Waals surface area contributed by atoms with E-state index in [9.17, 15) is 17.6 Å². The molecule has 0 spiro atoms. The van der Waals surface area contributed by atoms with Crippen molar-refractivity contribution < 1.29 is 17.6 Å². The fraction of sp³-hybridized carbons (Fsp3) is 0.316. The molecule has 0 radical (unpaired) electrons. The van der Waals surface area contributed by atoms with Gasteiger partial charge < -0.3 is 5.32 Å². The number of hydrogen-bond donors (Lipinski definition) is 1. The molecule has 0 aliphatic heterocycles. The molecule has 2 aromatic rings. The summed E-state index contributed by atoms with van der Waals surface area (Å²) in [5, 5.41) is 3.26. The van der Waals surface area contributed by atoms with Crippen molar-refractivity contribution in [1.82, 2.24) is 5.32 Å². The highest BCUT2D eigenvalue weighted by Crippen LogP contribution is 2.28. The van der Waals surface area contributed by atoms with Gasteiger partial charge in [0.2, 0.25) is 15.9 Å². The molecule has 2 rings (SSSR count). The summed E-state index contributed by atoms with van der Waals surface area (Å²) >= 11 is 11.9. The molecule has 0 aliphatic carbocycles. The van der Waals surface area contributed by atoms with Gasteiger partial charge in [-0.05, 0) is 55.7 Å². The highest BCUT2D eigenvalue weighted by atomic mass is 35.5. The molecule has 0 aliphatic rings. The Hall–Kier alpha value is -1.83. The number of amides is 1. The zero-order chi connectivity index (χ0) is 20.9. The normalized spacial score (nSPS) is 12.5. The minimum absolute atomic E-state index is 0.217. The molecule has 2 aromatic carbocycles. The van der Waals surface area contributed by atoms with Crippen molar-refractivity contribution in [1.29, 1.82) is 0 Å². The molecule has 1 atom stereocenters. The highest BCUT2D eigenvalue weighted by molar-refractivity contribution is 7.92. The lowest BCUT2D eigenvalue weighted by Crippen LogP contribution is -2.48. The second kappa shape index (κ2) is 9.58. The Morgan fingerprint density at radius 3 is 2.25 bits per heavy atom. The Morgan fingerprint density at radius 1 is 1.14 bits per heavy atom. The largest absolute Gasteiger partial charge is 0.354 e. The monoisotopic (exact) mass is 446 g/mol. The number of sulfonamides is 1. The third kappa shape index (κ3) is 6.36. The van der Waals surface area contributed by atoms with Crippen molar-refractivity contribution in [2.45, 2.75) is 25.8 Å². The Kier molecular flexibility index (Phi) is 7.69. The predicted molar refractivity (Wildman–Crippen MR) is 111 cm³/mol. The van der Waals surface area contributed by atoms with Gasteiger partial charge in [0.15, 0.2) is 0 Å². The lowest BCUT2D eigenvalue weighted by molar-refractivity contribution is -0.121. The van der Waals surface area contributed by atoms with E-state index in [1.54, 1.807) is 12.1 Å². The van der Waals surface area contributed by atoms with Crippen LogP contribution in [0.25, 0.3) is 0 Å². The lowest BCUT2D eigenvalue weighted by Gasteiger charge is -2.28. The van der Waals surface area contributed by atoms with Gasteiger partial charge >= 0.3 is 0 Å². The molecule has 28 heavy (non-hydrogen) atoms. The number of carbonyl (C=O) groups excluding carboxylic acids is 1. The van der Waals surface area contributed by atoms with Crippen molar-refractivity contribution in [2.75, 3.05) is 17.1 Å². The summed E-state index contributed by atoms with van der Waals surface area (Å²) in [5.41, 5.74) is 1.17. The molecular formula is C19H21Cl2FN2O3S. The molecule has 1 amide bonds. The first-order valence-electron chi connectivity index (χ1n) is 8.55. The van der Waals surface area contributed by atoms with Crippen LogP contribution in [0.3, 0.4) is 0 Å². The van der Waals surface area contributed by atoms with Gasteiger partial charge in [-0.2, -0.15) is 0 Å².